The zero-order valence-corrected chi connectivity index (χ0v) is 11.3. The fourth-order valence-corrected chi connectivity index (χ4v) is 3.40. The number of rotatable bonds is 5. The van der Waals surface area contributed by atoms with Crippen LogP contribution in [0.4, 0.5) is 0 Å². The maximum atomic E-state index is 6.39. The maximum Gasteiger partial charge on any atom is 0.0249 e. The summed E-state index contributed by atoms with van der Waals surface area (Å²) in [6.45, 7) is 5.11. The fourth-order valence-electron chi connectivity index (χ4n) is 3.40. The van der Waals surface area contributed by atoms with Gasteiger partial charge < -0.3 is 5.73 Å². The van der Waals surface area contributed by atoms with E-state index in [1.54, 1.807) is 0 Å². The minimum absolute atomic E-state index is 0.448. The van der Waals surface area contributed by atoms with Gasteiger partial charge in [0.25, 0.3) is 0 Å². The van der Waals surface area contributed by atoms with Crippen molar-refractivity contribution in [3.05, 3.63) is 0 Å². The quantitative estimate of drug-likeness (QED) is 0.795. The molecule has 0 bridgehead atoms. The molecule has 2 heteroatoms. The smallest absolute Gasteiger partial charge is 0.0249 e. The van der Waals surface area contributed by atoms with Crippen molar-refractivity contribution in [3.63, 3.8) is 0 Å². The van der Waals surface area contributed by atoms with Gasteiger partial charge >= 0.3 is 0 Å². The predicted molar refractivity (Wildman–Crippen MR) is 71.8 cm³/mol. The Labute approximate surface area is 106 Å². The highest BCUT2D eigenvalue weighted by Crippen LogP contribution is 2.37. The molecule has 3 rings (SSSR count). The molecule has 0 aromatic carbocycles. The van der Waals surface area contributed by atoms with Gasteiger partial charge in [-0.3, -0.25) is 4.90 Å². The van der Waals surface area contributed by atoms with Crippen LogP contribution >= 0.6 is 0 Å². The van der Waals surface area contributed by atoms with Gasteiger partial charge in [-0.1, -0.05) is 6.92 Å². The lowest BCUT2D eigenvalue weighted by Gasteiger charge is -2.41. The highest BCUT2D eigenvalue weighted by atomic mass is 15.2. The Bertz CT molecular complexity index is 244. The SMILES string of the molecule is CC1CCC(N)C(N(CC2CC2)CC2CC2)C1. The summed E-state index contributed by atoms with van der Waals surface area (Å²) in [5, 5.41) is 0. The highest BCUT2D eigenvalue weighted by molar-refractivity contribution is 4.92. The van der Waals surface area contributed by atoms with Gasteiger partial charge in [0.05, 0.1) is 0 Å². The lowest BCUT2D eigenvalue weighted by Crippen LogP contribution is -2.52. The summed E-state index contributed by atoms with van der Waals surface area (Å²) in [5.41, 5.74) is 6.39. The van der Waals surface area contributed by atoms with E-state index in [2.05, 4.69) is 11.8 Å². The van der Waals surface area contributed by atoms with Crippen LogP contribution in [0.25, 0.3) is 0 Å². The van der Waals surface area contributed by atoms with Crippen molar-refractivity contribution in [2.24, 2.45) is 23.5 Å². The molecule has 0 aromatic heterocycles. The summed E-state index contributed by atoms with van der Waals surface area (Å²) >= 11 is 0. The van der Waals surface area contributed by atoms with Crippen LogP contribution in [0.5, 0.6) is 0 Å². The average molecular weight is 236 g/mol. The number of hydrogen-bond donors (Lipinski definition) is 1. The first-order chi connectivity index (χ1) is 8.22. The van der Waals surface area contributed by atoms with Crippen LogP contribution in [0.2, 0.25) is 0 Å². The average Bonchev–Trinajstić information content (AvgIpc) is 3.15. The predicted octanol–water partition coefficient (Wildman–Crippen LogP) is 2.62. The number of nitrogens with zero attached hydrogens (tertiary/aromatic N) is 1. The molecular formula is C15H28N2. The van der Waals surface area contributed by atoms with Crippen molar-refractivity contribution in [3.8, 4) is 0 Å². The number of hydrogen-bond acceptors (Lipinski definition) is 2. The third-order valence-corrected chi connectivity index (χ3v) is 4.98. The Hall–Kier alpha value is -0.0800. The lowest BCUT2D eigenvalue weighted by atomic mass is 9.82. The van der Waals surface area contributed by atoms with Crippen LogP contribution in [-0.2, 0) is 0 Å². The van der Waals surface area contributed by atoms with Gasteiger partial charge in [0.1, 0.15) is 0 Å². The van der Waals surface area contributed by atoms with Crippen molar-refractivity contribution in [1.82, 2.24) is 4.90 Å². The molecule has 0 heterocycles. The van der Waals surface area contributed by atoms with Gasteiger partial charge in [0.15, 0.2) is 0 Å². The molecular weight excluding hydrogens is 208 g/mol. The summed E-state index contributed by atoms with van der Waals surface area (Å²) < 4.78 is 0. The van der Waals surface area contributed by atoms with E-state index < -0.39 is 0 Å². The van der Waals surface area contributed by atoms with Crippen molar-refractivity contribution in [2.45, 2.75) is 64.0 Å². The summed E-state index contributed by atoms with van der Waals surface area (Å²) in [7, 11) is 0. The van der Waals surface area contributed by atoms with E-state index in [0.717, 1.165) is 17.8 Å². The maximum absolute atomic E-state index is 6.39. The molecule has 0 amide bonds. The topological polar surface area (TPSA) is 29.3 Å². The second-order valence-electron chi connectivity index (χ2n) is 6.99. The van der Waals surface area contributed by atoms with E-state index in [-0.39, 0.29) is 0 Å². The second-order valence-corrected chi connectivity index (χ2v) is 6.99. The first kappa shape index (κ1) is 12.0. The molecule has 0 radical (unpaired) electrons. The second kappa shape index (κ2) is 4.89. The van der Waals surface area contributed by atoms with E-state index in [1.807, 2.05) is 0 Å². The van der Waals surface area contributed by atoms with Gasteiger partial charge in [-0.05, 0) is 62.7 Å². The lowest BCUT2D eigenvalue weighted by molar-refractivity contribution is 0.106. The van der Waals surface area contributed by atoms with Crippen LogP contribution < -0.4 is 5.73 Å². The largest absolute Gasteiger partial charge is 0.326 e. The van der Waals surface area contributed by atoms with Crippen molar-refractivity contribution in [1.29, 1.82) is 0 Å². The molecule has 0 spiro atoms. The van der Waals surface area contributed by atoms with E-state index in [4.69, 9.17) is 5.73 Å². The van der Waals surface area contributed by atoms with Crippen molar-refractivity contribution < 1.29 is 0 Å². The molecule has 0 saturated heterocycles. The minimum atomic E-state index is 0.448. The first-order valence-corrected chi connectivity index (χ1v) is 7.72. The minimum Gasteiger partial charge on any atom is -0.326 e. The molecule has 3 aliphatic rings. The molecule has 3 fully saturated rings. The van der Waals surface area contributed by atoms with Gasteiger partial charge in [-0.2, -0.15) is 0 Å². The van der Waals surface area contributed by atoms with Gasteiger partial charge in [0.2, 0.25) is 0 Å². The van der Waals surface area contributed by atoms with Gasteiger partial charge in [0, 0.05) is 25.2 Å². The monoisotopic (exact) mass is 236 g/mol. The highest BCUT2D eigenvalue weighted by Gasteiger charge is 2.36. The number of nitrogens with two attached hydrogens (primary N) is 1. The standard InChI is InChI=1S/C15H28N2/c1-11-2-7-14(16)15(8-11)17(9-12-3-4-12)10-13-5-6-13/h11-15H,2-10,16H2,1H3. The van der Waals surface area contributed by atoms with E-state index >= 15 is 0 Å². The third kappa shape index (κ3) is 3.23. The molecule has 17 heavy (non-hydrogen) atoms. The molecule has 3 atom stereocenters. The van der Waals surface area contributed by atoms with Crippen molar-refractivity contribution in [2.75, 3.05) is 13.1 Å². The molecule has 3 aliphatic carbocycles. The molecule has 0 aliphatic heterocycles. The Kier molecular flexibility index (Phi) is 3.45. The van der Waals surface area contributed by atoms with Crippen LogP contribution in [0.15, 0.2) is 0 Å². The van der Waals surface area contributed by atoms with E-state index in [9.17, 15) is 0 Å². The van der Waals surface area contributed by atoms with E-state index in [1.165, 1.54) is 58.0 Å². The molecule has 0 aromatic rings. The zero-order chi connectivity index (χ0) is 11.8. The fraction of sp³-hybridized carbons (Fsp3) is 1.00. The third-order valence-electron chi connectivity index (χ3n) is 4.98. The molecule has 2 N–H and O–H groups in total. The van der Waals surface area contributed by atoms with Crippen LogP contribution in [0.1, 0.15) is 51.9 Å². The summed E-state index contributed by atoms with van der Waals surface area (Å²) in [6.07, 6.45) is 9.82. The molecule has 3 saturated carbocycles. The zero-order valence-electron chi connectivity index (χ0n) is 11.3. The van der Waals surface area contributed by atoms with Crippen LogP contribution in [0.3, 0.4) is 0 Å². The van der Waals surface area contributed by atoms with Gasteiger partial charge in [-0.15, -0.1) is 0 Å². The van der Waals surface area contributed by atoms with Gasteiger partial charge in [-0.25, -0.2) is 0 Å². The summed E-state index contributed by atoms with van der Waals surface area (Å²) in [4.78, 5) is 2.79. The summed E-state index contributed by atoms with van der Waals surface area (Å²) in [5.74, 6) is 2.91. The Balaban J connectivity index is 1.61. The van der Waals surface area contributed by atoms with Crippen molar-refractivity contribution >= 4 is 0 Å². The molecule has 98 valence electrons. The van der Waals surface area contributed by atoms with E-state index in [0.29, 0.717) is 12.1 Å². The first-order valence-electron chi connectivity index (χ1n) is 7.72. The van der Waals surface area contributed by atoms with Crippen LogP contribution in [0, 0.1) is 17.8 Å². The molecule has 2 nitrogen and oxygen atoms in total. The Morgan fingerprint density at radius 3 is 2.06 bits per heavy atom. The Morgan fingerprint density at radius 1 is 0.941 bits per heavy atom. The Morgan fingerprint density at radius 2 is 1.53 bits per heavy atom. The molecule has 3 unspecified atom stereocenters. The normalized spacial score (nSPS) is 38.6. The summed E-state index contributed by atoms with van der Waals surface area (Å²) in [6, 6.07) is 1.14. The van der Waals surface area contributed by atoms with Crippen LogP contribution in [-0.4, -0.2) is 30.1 Å².